The smallest absolute Gasteiger partial charge is 0.376 e. The molecule has 1 N–H and O–H groups in total. The molecule has 0 aliphatic carbocycles. The van der Waals surface area contributed by atoms with Gasteiger partial charge in [0.25, 0.3) is 12.6 Å². The predicted octanol–water partition coefficient (Wildman–Crippen LogP) is 12.3. The largest absolute Gasteiger partial charge is 0.477 e. The van der Waals surface area contributed by atoms with Crippen LogP contribution in [0.2, 0.25) is 20.1 Å². The lowest BCUT2D eigenvalue weighted by molar-refractivity contribution is -0.170. The van der Waals surface area contributed by atoms with Crippen molar-refractivity contribution in [3.63, 3.8) is 0 Å². The minimum atomic E-state index is -1.31. The molecule has 366 valence electrons. The summed E-state index contributed by atoms with van der Waals surface area (Å²) < 4.78 is 25.3. The zero-order chi connectivity index (χ0) is 49.7. The van der Waals surface area contributed by atoms with Gasteiger partial charge in [-0.05, 0) is 159 Å². The summed E-state index contributed by atoms with van der Waals surface area (Å²) in [7, 11) is 8.27. The topological polar surface area (TPSA) is 107 Å². The van der Waals surface area contributed by atoms with E-state index in [1.807, 2.05) is 84.9 Å². The van der Waals surface area contributed by atoms with Gasteiger partial charge in [-0.1, -0.05) is 119 Å². The molecule has 0 aliphatic heterocycles. The molecule has 0 bridgehead atoms. The van der Waals surface area contributed by atoms with Crippen molar-refractivity contribution in [1.29, 1.82) is 0 Å². The number of carbonyl (C=O) groups excluding carboxylic acids is 1. The minimum Gasteiger partial charge on any atom is -0.477 e. The normalized spacial score (nSPS) is 12.1. The monoisotopic (exact) mass is 1020 g/mol. The molecule has 0 saturated heterocycles. The average Bonchev–Trinajstić information content (AvgIpc) is 3.35. The maximum Gasteiger partial charge on any atom is 0.376 e. The van der Waals surface area contributed by atoms with Crippen LogP contribution in [0.1, 0.15) is 58.1 Å². The van der Waals surface area contributed by atoms with Crippen molar-refractivity contribution in [2.24, 2.45) is 0 Å². The van der Waals surface area contributed by atoms with Crippen LogP contribution in [0.3, 0.4) is 0 Å². The number of esters is 1. The minimum absolute atomic E-state index is 0.207. The fourth-order valence-corrected chi connectivity index (χ4v) is 8.21. The van der Waals surface area contributed by atoms with Gasteiger partial charge in [-0.15, -0.1) is 0 Å². The van der Waals surface area contributed by atoms with E-state index in [1.165, 1.54) is 49.1 Å². The fourth-order valence-electron chi connectivity index (χ4n) is 7.70. The quantitative estimate of drug-likeness (QED) is 0.0465. The molecule has 0 radical (unpaired) electrons. The molecule has 0 saturated carbocycles. The number of carbonyl (C=O) groups is 2. The number of carboxylic acid groups (broad SMARTS) is 1. The average molecular weight is 1020 g/mol. The van der Waals surface area contributed by atoms with Crippen molar-refractivity contribution in [3.8, 4) is 11.5 Å². The van der Waals surface area contributed by atoms with Gasteiger partial charge in [-0.2, -0.15) is 0 Å². The Hall–Kier alpha value is -5.14. The maximum atomic E-state index is 11.6. The van der Waals surface area contributed by atoms with E-state index in [0.29, 0.717) is 11.5 Å². The first kappa shape index (κ1) is 54.8. The van der Waals surface area contributed by atoms with Crippen LogP contribution in [0.5, 0.6) is 11.5 Å². The van der Waals surface area contributed by atoms with E-state index < -0.39 is 24.5 Å². The number of aliphatic carboxylic acids is 1. The Morgan fingerprint density at radius 1 is 0.478 bits per heavy atom. The van der Waals surface area contributed by atoms with Gasteiger partial charge in [-0.3, -0.25) is 0 Å². The number of nitrogens with zero attached hydrogens (tertiary/aromatic N) is 2. The Kier molecular flexibility index (Phi) is 22.6. The molecular formula is C55H60Cl4N2O8. The first-order chi connectivity index (χ1) is 33.2. The molecule has 10 nitrogen and oxygen atoms in total. The van der Waals surface area contributed by atoms with Crippen molar-refractivity contribution in [2.45, 2.75) is 50.1 Å². The number of likely N-dealkylation sites (N-methyl/N-ethyl adjacent to an activating group) is 2. The van der Waals surface area contributed by atoms with E-state index in [4.69, 9.17) is 70.5 Å². The molecule has 6 rings (SSSR count). The molecule has 0 aromatic heterocycles. The van der Waals surface area contributed by atoms with Gasteiger partial charge >= 0.3 is 11.9 Å². The molecular weight excluding hydrogens is 958 g/mol. The van der Waals surface area contributed by atoms with E-state index in [9.17, 15) is 9.59 Å². The number of hydrogen-bond donors (Lipinski definition) is 1. The van der Waals surface area contributed by atoms with Gasteiger partial charge in [0.15, 0.2) is 0 Å². The van der Waals surface area contributed by atoms with Gasteiger partial charge in [0.2, 0.25) is 0 Å². The number of hydrogen-bond acceptors (Lipinski definition) is 9. The summed E-state index contributed by atoms with van der Waals surface area (Å²) in [6.45, 7) is 3.62. The lowest BCUT2D eigenvalue weighted by Crippen LogP contribution is -2.30. The fraction of sp³-hybridized carbons (Fsp3) is 0.309. The molecule has 2 unspecified atom stereocenters. The summed E-state index contributed by atoms with van der Waals surface area (Å²) in [5.41, 5.74) is 7.23. The molecule has 14 heteroatoms. The third-order valence-electron chi connectivity index (χ3n) is 11.4. The van der Waals surface area contributed by atoms with Gasteiger partial charge in [0.05, 0.1) is 7.11 Å². The second-order valence-corrected chi connectivity index (χ2v) is 18.3. The van der Waals surface area contributed by atoms with Gasteiger partial charge in [0.1, 0.15) is 11.5 Å². The van der Waals surface area contributed by atoms with Gasteiger partial charge < -0.3 is 38.6 Å². The first-order valence-corrected chi connectivity index (χ1v) is 24.0. The molecule has 6 aromatic rings. The maximum absolute atomic E-state index is 11.6. The van der Waals surface area contributed by atoms with E-state index in [2.05, 4.69) is 77.2 Å². The van der Waals surface area contributed by atoms with E-state index >= 15 is 0 Å². The van der Waals surface area contributed by atoms with Crippen molar-refractivity contribution < 1.29 is 38.4 Å². The van der Waals surface area contributed by atoms with Crippen LogP contribution in [-0.4, -0.2) is 101 Å². The number of benzene rings is 6. The third kappa shape index (κ3) is 18.3. The molecule has 0 aliphatic rings. The number of methoxy groups -OCH3 is 3. The van der Waals surface area contributed by atoms with Crippen molar-refractivity contribution in [2.75, 3.05) is 61.6 Å². The Morgan fingerprint density at radius 2 is 0.783 bits per heavy atom. The van der Waals surface area contributed by atoms with E-state index in [0.717, 1.165) is 77.5 Å². The molecule has 0 fully saturated rings. The first-order valence-electron chi connectivity index (χ1n) is 22.5. The number of ether oxygens (including phenoxy) is 5. The van der Waals surface area contributed by atoms with E-state index in [1.54, 1.807) is 12.1 Å². The number of carboxylic acids is 1. The standard InChI is InChI=1S/C28H31Cl2NO4.C27H29Cl2NO4/c1-31(18-4-5-20-6-16-25(17-7-20)35-28(34-3)27(32)33-2)19-26(21-8-12-23(29)13-9-21)22-10-14-24(30)15-11-22;1-30(17-3-4-19-5-15-24(16-6-19)34-27(33-2)26(31)32)18-25(20-7-11-22(28)12-8-20)21-9-13-23(29)14-10-21/h6-17,26,28H,4-5,18-19H2,1-3H3;5-16,25,27H,3-4,17-18H2,1-2H3,(H,31,32). The summed E-state index contributed by atoms with van der Waals surface area (Å²) in [4.78, 5) is 27.3. The zero-order valence-corrected chi connectivity index (χ0v) is 42.6. The highest BCUT2D eigenvalue weighted by atomic mass is 35.5. The van der Waals surface area contributed by atoms with Crippen molar-refractivity contribution >= 4 is 58.3 Å². The van der Waals surface area contributed by atoms with E-state index in [-0.39, 0.29) is 11.8 Å². The summed E-state index contributed by atoms with van der Waals surface area (Å²) in [6.07, 6.45) is 1.45. The molecule has 0 heterocycles. The predicted molar refractivity (Wildman–Crippen MR) is 277 cm³/mol. The Balaban J connectivity index is 0.000000258. The van der Waals surface area contributed by atoms with Gasteiger partial charge in [0, 0.05) is 59.2 Å². The lowest BCUT2D eigenvalue weighted by atomic mass is 9.91. The summed E-state index contributed by atoms with van der Waals surface area (Å²) in [5, 5.41) is 11.9. The van der Waals surface area contributed by atoms with Crippen molar-refractivity contribution in [3.05, 3.63) is 199 Å². The van der Waals surface area contributed by atoms with Crippen LogP contribution in [0.25, 0.3) is 0 Å². The SMILES string of the molecule is COC(=O)C(OC)Oc1ccc(CCCN(C)CC(c2ccc(Cl)cc2)c2ccc(Cl)cc2)cc1.COC(Oc1ccc(CCCN(C)CC(c2ccc(Cl)cc2)c2ccc(Cl)cc2)cc1)C(=O)O. The highest BCUT2D eigenvalue weighted by Gasteiger charge is 2.22. The van der Waals surface area contributed by atoms with Crippen LogP contribution in [0.4, 0.5) is 0 Å². The van der Waals surface area contributed by atoms with Crippen LogP contribution in [-0.2, 0) is 36.6 Å². The van der Waals surface area contributed by atoms with Crippen LogP contribution < -0.4 is 9.47 Å². The second kappa shape index (κ2) is 28.5. The Labute approximate surface area is 426 Å². The molecule has 6 aromatic carbocycles. The summed E-state index contributed by atoms with van der Waals surface area (Å²) >= 11 is 24.4. The molecule has 2 atom stereocenters. The number of aryl methyl sites for hydroxylation is 2. The second-order valence-electron chi connectivity index (χ2n) is 16.6. The highest BCUT2D eigenvalue weighted by Crippen LogP contribution is 2.30. The van der Waals surface area contributed by atoms with Crippen LogP contribution in [0.15, 0.2) is 146 Å². The highest BCUT2D eigenvalue weighted by molar-refractivity contribution is 6.31. The van der Waals surface area contributed by atoms with Gasteiger partial charge in [-0.25, -0.2) is 9.59 Å². The summed E-state index contributed by atoms with van der Waals surface area (Å²) in [6, 6.07) is 47.3. The number of halogens is 4. The third-order valence-corrected chi connectivity index (χ3v) is 12.5. The molecule has 0 spiro atoms. The van der Waals surface area contributed by atoms with Crippen LogP contribution >= 0.6 is 46.4 Å². The summed E-state index contributed by atoms with van der Waals surface area (Å²) in [5.74, 6) is -0.297. The number of rotatable bonds is 24. The Morgan fingerprint density at radius 3 is 1.06 bits per heavy atom. The van der Waals surface area contributed by atoms with Crippen LogP contribution in [0, 0.1) is 0 Å². The Bertz CT molecular complexity index is 2350. The molecule has 0 amide bonds. The molecule has 69 heavy (non-hydrogen) atoms. The lowest BCUT2D eigenvalue weighted by Gasteiger charge is -2.25. The zero-order valence-electron chi connectivity index (χ0n) is 39.5. The van der Waals surface area contributed by atoms with Crippen molar-refractivity contribution in [1.82, 2.24) is 9.80 Å².